The van der Waals surface area contributed by atoms with Gasteiger partial charge in [-0.3, -0.25) is 9.78 Å². The van der Waals surface area contributed by atoms with Crippen molar-refractivity contribution in [3.63, 3.8) is 0 Å². The summed E-state index contributed by atoms with van der Waals surface area (Å²) in [5.74, 6) is -0.619. The van der Waals surface area contributed by atoms with Crippen LogP contribution >= 0.6 is 0 Å². The van der Waals surface area contributed by atoms with Crippen LogP contribution in [0.15, 0.2) is 42.6 Å². The number of rotatable bonds is 8. The molecule has 25 heavy (non-hydrogen) atoms. The lowest BCUT2D eigenvalue weighted by Crippen LogP contribution is -2.27. The third-order valence-electron chi connectivity index (χ3n) is 3.27. The summed E-state index contributed by atoms with van der Waals surface area (Å²) >= 11 is 0. The van der Waals surface area contributed by atoms with Crippen molar-refractivity contribution in [3.05, 3.63) is 53.9 Å². The molecule has 1 amide bonds. The van der Waals surface area contributed by atoms with Gasteiger partial charge in [-0.25, -0.2) is 4.79 Å². The molecule has 7 heteroatoms. The summed E-state index contributed by atoms with van der Waals surface area (Å²) in [5.41, 5.74) is 2.30. The number of carbonyl (C=O) groups is 2. The first-order chi connectivity index (χ1) is 12.1. The molecule has 2 aromatic rings. The normalized spacial score (nSPS) is 10.2. The maximum atomic E-state index is 12.0. The molecular weight excluding hydrogens is 322 g/mol. The molecule has 0 aliphatic carbocycles. The van der Waals surface area contributed by atoms with Crippen LogP contribution in [0, 0.1) is 0 Å². The molecule has 1 aromatic carbocycles. The molecule has 0 fully saturated rings. The van der Waals surface area contributed by atoms with Gasteiger partial charge in [0.05, 0.1) is 18.8 Å². The number of aromatic nitrogens is 1. The molecule has 7 nitrogen and oxygen atoms in total. The number of pyridine rings is 1. The van der Waals surface area contributed by atoms with Gasteiger partial charge in [0.25, 0.3) is 5.91 Å². The zero-order valence-corrected chi connectivity index (χ0v) is 14.2. The first-order valence-electron chi connectivity index (χ1n) is 7.91. The van der Waals surface area contributed by atoms with Gasteiger partial charge in [0.2, 0.25) is 0 Å². The van der Waals surface area contributed by atoms with Crippen LogP contribution in [-0.4, -0.2) is 43.7 Å². The lowest BCUT2D eigenvalue weighted by Gasteiger charge is -2.09. The molecule has 132 valence electrons. The Morgan fingerprint density at radius 3 is 2.56 bits per heavy atom. The molecule has 0 aliphatic heterocycles. The van der Waals surface area contributed by atoms with E-state index >= 15 is 0 Å². The quantitative estimate of drug-likeness (QED) is 0.565. The van der Waals surface area contributed by atoms with E-state index in [0.717, 1.165) is 11.4 Å². The third-order valence-corrected chi connectivity index (χ3v) is 3.27. The van der Waals surface area contributed by atoms with Gasteiger partial charge < -0.3 is 20.1 Å². The highest BCUT2D eigenvalue weighted by Gasteiger charge is 2.08. The molecule has 0 atom stereocenters. The molecule has 0 saturated carbocycles. The summed E-state index contributed by atoms with van der Waals surface area (Å²) in [5, 5.41) is 5.89. The zero-order valence-electron chi connectivity index (χ0n) is 14.2. The van der Waals surface area contributed by atoms with Gasteiger partial charge in [-0.1, -0.05) is 0 Å². The van der Waals surface area contributed by atoms with Crippen molar-refractivity contribution in [2.45, 2.75) is 6.92 Å². The fraction of sp³-hybridized carbons (Fsp3) is 0.278. The second kappa shape index (κ2) is 9.39. The van der Waals surface area contributed by atoms with Crippen molar-refractivity contribution in [1.82, 2.24) is 10.3 Å². The average molecular weight is 343 g/mol. The third kappa shape index (κ3) is 5.58. The van der Waals surface area contributed by atoms with Crippen LogP contribution in [0.4, 0.5) is 11.4 Å². The second-order valence-corrected chi connectivity index (χ2v) is 5.10. The SMILES string of the molecule is CCOC(=O)c1ccc(Nc2ccnc(C(=O)NCCOC)c2)cc1. The van der Waals surface area contributed by atoms with Gasteiger partial charge in [0.15, 0.2) is 0 Å². The Balaban J connectivity index is 2.01. The van der Waals surface area contributed by atoms with Crippen molar-refractivity contribution >= 4 is 23.3 Å². The Morgan fingerprint density at radius 2 is 1.88 bits per heavy atom. The maximum Gasteiger partial charge on any atom is 0.338 e. The summed E-state index contributed by atoms with van der Waals surface area (Å²) in [6.45, 7) is 2.96. The van der Waals surface area contributed by atoms with Gasteiger partial charge in [-0.15, -0.1) is 0 Å². The molecule has 0 aliphatic rings. The number of esters is 1. The smallest absolute Gasteiger partial charge is 0.338 e. The van der Waals surface area contributed by atoms with Crippen molar-refractivity contribution in [1.29, 1.82) is 0 Å². The molecule has 2 N–H and O–H groups in total. The molecule has 0 bridgehead atoms. The zero-order chi connectivity index (χ0) is 18.1. The molecule has 1 heterocycles. The lowest BCUT2D eigenvalue weighted by atomic mass is 10.2. The van der Waals surface area contributed by atoms with Crippen molar-refractivity contribution in [2.24, 2.45) is 0 Å². The maximum absolute atomic E-state index is 12.0. The van der Waals surface area contributed by atoms with Crippen LogP contribution in [0.3, 0.4) is 0 Å². The fourth-order valence-electron chi connectivity index (χ4n) is 2.06. The Labute approximate surface area is 146 Å². The van der Waals surface area contributed by atoms with Gasteiger partial charge in [0, 0.05) is 31.2 Å². The van der Waals surface area contributed by atoms with E-state index in [0.29, 0.717) is 31.0 Å². The minimum absolute atomic E-state index is 0.265. The Bertz CT molecular complexity index is 717. The van der Waals surface area contributed by atoms with E-state index in [1.165, 1.54) is 0 Å². The van der Waals surface area contributed by atoms with E-state index in [4.69, 9.17) is 9.47 Å². The van der Waals surface area contributed by atoms with E-state index in [1.54, 1.807) is 56.6 Å². The van der Waals surface area contributed by atoms with Gasteiger partial charge in [-0.2, -0.15) is 0 Å². The van der Waals surface area contributed by atoms with Crippen LogP contribution in [0.1, 0.15) is 27.8 Å². The van der Waals surface area contributed by atoms with Gasteiger partial charge >= 0.3 is 5.97 Å². The van der Waals surface area contributed by atoms with E-state index in [9.17, 15) is 9.59 Å². The highest BCUT2D eigenvalue weighted by molar-refractivity contribution is 5.93. The van der Waals surface area contributed by atoms with Crippen LogP contribution in [0.25, 0.3) is 0 Å². The molecule has 0 unspecified atom stereocenters. The van der Waals surface area contributed by atoms with Crippen LogP contribution < -0.4 is 10.6 Å². The van der Waals surface area contributed by atoms with Crippen molar-refractivity contribution in [2.75, 3.05) is 32.2 Å². The number of hydrogen-bond donors (Lipinski definition) is 2. The first kappa shape index (κ1) is 18.4. The number of nitrogens with zero attached hydrogens (tertiary/aromatic N) is 1. The predicted molar refractivity (Wildman–Crippen MR) is 94.1 cm³/mol. The Morgan fingerprint density at radius 1 is 1.12 bits per heavy atom. The summed E-state index contributed by atoms with van der Waals surface area (Å²) in [6.07, 6.45) is 1.56. The predicted octanol–water partition coefficient (Wildman–Crippen LogP) is 2.38. The number of amides is 1. The van der Waals surface area contributed by atoms with E-state index in [-0.39, 0.29) is 11.9 Å². The highest BCUT2D eigenvalue weighted by atomic mass is 16.5. The fourth-order valence-corrected chi connectivity index (χ4v) is 2.06. The Hall–Kier alpha value is -2.93. The monoisotopic (exact) mass is 343 g/mol. The number of carbonyl (C=O) groups excluding carboxylic acids is 2. The molecule has 1 aromatic heterocycles. The topological polar surface area (TPSA) is 89.5 Å². The number of benzene rings is 1. The minimum Gasteiger partial charge on any atom is -0.462 e. The lowest BCUT2D eigenvalue weighted by molar-refractivity contribution is 0.0526. The van der Waals surface area contributed by atoms with Crippen LogP contribution in [-0.2, 0) is 9.47 Å². The van der Waals surface area contributed by atoms with Gasteiger partial charge in [0.1, 0.15) is 5.69 Å². The molecule has 0 spiro atoms. The average Bonchev–Trinajstić information content (AvgIpc) is 2.63. The summed E-state index contributed by atoms with van der Waals surface area (Å²) < 4.78 is 9.84. The second-order valence-electron chi connectivity index (χ2n) is 5.10. The van der Waals surface area contributed by atoms with E-state index < -0.39 is 0 Å². The summed E-state index contributed by atoms with van der Waals surface area (Å²) in [4.78, 5) is 27.7. The summed E-state index contributed by atoms with van der Waals surface area (Å²) in [6, 6.07) is 10.3. The van der Waals surface area contributed by atoms with Gasteiger partial charge in [-0.05, 0) is 43.3 Å². The number of anilines is 2. The van der Waals surface area contributed by atoms with Crippen LogP contribution in [0.5, 0.6) is 0 Å². The minimum atomic E-state index is -0.354. The number of hydrogen-bond acceptors (Lipinski definition) is 6. The largest absolute Gasteiger partial charge is 0.462 e. The molecule has 0 radical (unpaired) electrons. The molecule has 0 saturated heterocycles. The number of ether oxygens (including phenoxy) is 2. The van der Waals surface area contributed by atoms with E-state index in [2.05, 4.69) is 15.6 Å². The Kier molecular flexibility index (Phi) is 6.91. The molecule has 2 rings (SSSR count). The first-order valence-corrected chi connectivity index (χ1v) is 7.91. The standard InChI is InChI=1S/C18H21N3O4/c1-3-25-18(23)13-4-6-14(7-5-13)21-15-8-9-19-16(12-15)17(22)20-10-11-24-2/h4-9,12H,3,10-11H2,1-2H3,(H,19,21)(H,20,22). The summed E-state index contributed by atoms with van der Waals surface area (Å²) in [7, 11) is 1.57. The number of nitrogens with one attached hydrogen (secondary N) is 2. The number of methoxy groups -OCH3 is 1. The highest BCUT2D eigenvalue weighted by Crippen LogP contribution is 2.18. The van der Waals surface area contributed by atoms with Crippen molar-refractivity contribution < 1.29 is 19.1 Å². The molecular formula is C18H21N3O4. The van der Waals surface area contributed by atoms with Crippen molar-refractivity contribution in [3.8, 4) is 0 Å². The van der Waals surface area contributed by atoms with E-state index in [1.807, 2.05) is 0 Å². The van der Waals surface area contributed by atoms with Crippen LogP contribution in [0.2, 0.25) is 0 Å².